The molecule has 0 fully saturated rings. The Labute approximate surface area is 70.3 Å². The van der Waals surface area contributed by atoms with Gasteiger partial charge in [-0.3, -0.25) is 4.79 Å². The molecule has 0 saturated carbocycles. The molecule has 0 bridgehead atoms. The van der Waals surface area contributed by atoms with Crippen molar-refractivity contribution < 1.29 is 24.2 Å². The van der Waals surface area contributed by atoms with Crippen molar-refractivity contribution in [3.05, 3.63) is 0 Å². The fourth-order valence-electron chi connectivity index (χ4n) is 0.448. The lowest BCUT2D eigenvalue weighted by atomic mass is 10.4. The zero-order valence-electron chi connectivity index (χ0n) is 7.07. The van der Waals surface area contributed by atoms with Gasteiger partial charge in [-0.2, -0.15) is 0 Å². The molecule has 0 aromatic rings. The van der Waals surface area contributed by atoms with Crippen molar-refractivity contribution in [1.82, 2.24) is 0 Å². The molecule has 1 unspecified atom stereocenters. The van der Waals surface area contributed by atoms with Gasteiger partial charge in [-0.25, -0.2) is 4.79 Å². The fourth-order valence-corrected chi connectivity index (χ4v) is 0.448. The van der Waals surface area contributed by atoms with Crippen molar-refractivity contribution in [3.8, 4) is 0 Å². The third-order valence-electron chi connectivity index (χ3n) is 0.974. The van der Waals surface area contributed by atoms with Crippen molar-refractivity contribution in [3.63, 3.8) is 0 Å². The summed E-state index contributed by atoms with van der Waals surface area (Å²) in [7, 11) is 0. The van der Waals surface area contributed by atoms with Crippen molar-refractivity contribution in [1.29, 1.82) is 0 Å². The van der Waals surface area contributed by atoms with Gasteiger partial charge in [0, 0.05) is 6.92 Å². The molecule has 70 valence electrons. The molecule has 12 heavy (non-hydrogen) atoms. The maximum atomic E-state index is 10.6. The van der Waals surface area contributed by atoms with Gasteiger partial charge in [0.15, 0.2) is 0 Å². The van der Waals surface area contributed by atoms with Crippen LogP contribution in [0, 0.1) is 0 Å². The molecule has 0 saturated heterocycles. The van der Waals surface area contributed by atoms with Crippen molar-refractivity contribution in [2.24, 2.45) is 0 Å². The summed E-state index contributed by atoms with van der Waals surface area (Å²) in [6.07, 6.45) is -1.14. The van der Waals surface area contributed by atoms with E-state index in [1.165, 1.54) is 13.8 Å². The lowest BCUT2D eigenvalue weighted by Gasteiger charge is -2.05. The number of carbonyl (C=O) groups excluding carboxylic acids is 2. The first-order valence-electron chi connectivity index (χ1n) is 3.52. The maximum absolute atomic E-state index is 10.6. The molecule has 0 amide bonds. The molecule has 1 N–H and O–H groups in total. The molecule has 0 aliphatic rings. The highest BCUT2D eigenvalue weighted by molar-refractivity contribution is 5.73. The van der Waals surface area contributed by atoms with Gasteiger partial charge in [0.2, 0.25) is 0 Å². The van der Waals surface area contributed by atoms with E-state index in [0.717, 1.165) is 0 Å². The monoisotopic (exact) mass is 176 g/mol. The van der Waals surface area contributed by atoms with E-state index in [9.17, 15) is 9.59 Å². The van der Waals surface area contributed by atoms with Gasteiger partial charge in [-0.05, 0) is 6.92 Å². The maximum Gasteiger partial charge on any atom is 0.334 e. The molecule has 0 aliphatic carbocycles. The predicted molar refractivity (Wildman–Crippen MR) is 39.3 cm³/mol. The van der Waals surface area contributed by atoms with Gasteiger partial charge in [-0.15, -0.1) is 0 Å². The number of hydrogen-bond donors (Lipinski definition) is 1. The minimum Gasteiger partial charge on any atom is -0.462 e. The number of aliphatic hydroxyl groups excluding tert-OH is 1. The van der Waals surface area contributed by atoms with Crippen LogP contribution in [-0.4, -0.2) is 36.4 Å². The fraction of sp³-hybridized carbons (Fsp3) is 0.714. The van der Waals surface area contributed by atoms with E-state index in [0.29, 0.717) is 0 Å². The molecule has 0 aromatic heterocycles. The largest absolute Gasteiger partial charge is 0.462 e. The summed E-state index contributed by atoms with van der Waals surface area (Å²) in [5, 5.41) is 8.65. The Morgan fingerprint density at radius 3 is 2.25 bits per heavy atom. The molecular formula is C7H12O5. The number of aliphatic hydroxyl groups is 1. The summed E-state index contributed by atoms with van der Waals surface area (Å²) < 4.78 is 8.96. The average Bonchev–Trinajstić information content (AvgIpc) is 1.97. The van der Waals surface area contributed by atoms with E-state index in [4.69, 9.17) is 5.11 Å². The number of carbonyl (C=O) groups is 2. The molecule has 0 aromatic carbocycles. The van der Waals surface area contributed by atoms with Gasteiger partial charge < -0.3 is 14.6 Å². The van der Waals surface area contributed by atoms with Crippen LogP contribution in [0.2, 0.25) is 0 Å². The van der Waals surface area contributed by atoms with Crippen molar-refractivity contribution in [2.45, 2.75) is 20.0 Å². The second-order valence-corrected chi connectivity index (χ2v) is 2.18. The lowest BCUT2D eigenvalue weighted by molar-refractivity contribution is -0.157. The predicted octanol–water partition coefficient (Wildman–Crippen LogP) is -0.527. The summed E-state index contributed by atoms with van der Waals surface area (Å²) in [4.78, 5) is 20.8. The summed E-state index contributed by atoms with van der Waals surface area (Å²) in [6, 6.07) is 0. The minimum atomic E-state index is -1.14. The van der Waals surface area contributed by atoms with Crippen LogP contribution in [0.5, 0.6) is 0 Å². The second-order valence-electron chi connectivity index (χ2n) is 2.18. The highest BCUT2D eigenvalue weighted by Gasteiger charge is 2.09. The summed E-state index contributed by atoms with van der Waals surface area (Å²) in [6.45, 7) is 2.56. The van der Waals surface area contributed by atoms with Gasteiger partial charge in [0.05, 0.1) is 0 Å². The Morgan fingerprint density at radius 2 is 1.83 bits per heavy atom. The van der Waals surface area contributed by atoms with E-state index >= 15 is 0 Å². The number of ether oxygens (including phenoxy) is 2. The van der Waals surface area contributed by atoms with Crippen LogP contribution >= 0.6 is 0 Å². The van der Waals surface area contributed by atoms with Crippen LogP contribution in [0.1, 0.15) is 13.8 Å². The van der Waals surface area contributed by atoms with Crippen LogP contribution < -0.4 is 0 Å². The quantitative estimate of drug-likeness (QED) is 0.460. The molecule has 0 heterocycles. The molecule has 1 atom stereocenters. The Morgan fingerprint density at radius 1 is 1.33 bits per heavy atom. The molecular weight excluding hydrogens is 164 g/mol. The topological polar surface area (TPSA) is 72.8 Å². The van der Waals surface area contributed by atoms with E-state index in [1.54, 1.807) is 0 Å². The Bertz CT molecular complexity index is 163. The molecule has 5 nitrogen and oxygen atoms in total. The number of esters is 2. The average molecular weight is 176 g/mol. The van der Waals surface area contributed by atoms with E-state index in [1.807, 2.05) is 0 Å². The van der Waals surface area contributed by atoms with Crippen LogP contribution in [-0.2, 0) is 19.1 Å². The molecule has 5 heteroatoms. The lowest BCUT2D eigenvalue weighted by Crippen LogP contribution is -2.21. The van der Waals surface area contributed by atoms with Crippen LogP contribution in [0.25, 0.3) is 0 Å². The number of hydrogen-bond acceptors (Lipinski definition) is 5. The Balaban J connectivity index is 3.32. The zero-order valence-corrected chi connectivity index (χ0v) is 7.07. The highest BCUT2D eigenvalue weighted by atomic mass is 16.6. The Hall–Kier alpha value is -1.10. The normalized spacial score (nSPS) is 11.9. The van der Waals surface area contributed by atoms with E-state index in [-0.39, 0.29) is 13.2 Å². The summed E-state index contributed by atoms with van der Waals surface area (Å²) >= 11 is 0. The smallest absolute Gasteiger partial charge is 0.334 e. The molecule has 0 aliphatic heterocycles. The highest BCUT2D eigenvalue weighted by Crippen LogP contribution is 1.86. The minimum absolute atomic E-state index is 0.0216. The standard InChI is InChI=1S/C7H12O5/c1-5(8)7(10)12-4-3-11-6(2)9/h5,8H,3-4H2,1-2H3. The van der Waals surface area contributed by atoms with Gasteiger partial charge >= 0.3 is 11.9 Å². The van der Waals surface area contributed by atoms with Gasteiger partial charge in [0.1, 0.15) is 19.3 Å². The molecule has 0 rings (SSSR count). The van der Waals surface area contributed by atoms with Crippen LogP contribution in [0.3, 0.4) is 0 Å². The summed E-state index contributed by atoms with van der Waals surface area (Å²) in [5.74, 6) is -1.15. The van der Waals surface area contributed by atoms with E-state index in [2.05, 4.69) is 9.47 Å². The van der Waals surface area contributed by atoms with Crippen LogP contribution in [0.4, 0.5) is 0 Å². The van der Waals surface area contributed by atoms with Crippen LogP contribution in [0.15, 0.2) is 0 Å². The van der Waals surface area contributed by atoms with E-state index < -0.39 is 18.0 Å². The number of rotatable bonds is 4. The second kappa shape index (κ2) is 5.54. The third kappa shape index (κ3) is 5.67. The van der Waals surface area contributed by atoms with Gasteiger partial charge in [-0.1, -0.05) is 0 Å². The SMILES string of the molecule is CC(=O)OCCOC(=O)C(C)O. The Kier molecular flexibility index (Phi) is 5.03. The third-order valence-corrected chi connectivity index (χ3v) is 0.974. The zero-order chi connectivity index (χ0) is 9.56. The summed E-state index contributed by atoms with van der Waals surface area (Å²) in [5.41, 5.74) is 0. The van der Waals surface area contributed by atoms with Crippen molar-refractivity contribution in [2.75, 3.05) is 13.2 Å². The van der Waals surface area contributed by atoms with Gasteiger partial charge in [0.25, 0.3) is 0 Å². The molecule has 0 radical (unpaired) electrons. The first-order valence-corrected chi connectivity index (χ1v) is 3.52. The first-order chi connectivity index (χ1) is 5.54. The molecule has 0 spiro atoms. The van der Waals surface area contributed by atoms with Crippen molar-refractivity contribution >= 4 is 11.9 Å². The first kappa shape index (κ1) is 10.9.